The second kappa shape index (κ2) is 7.47. The van der Waals surface area contributed by atoms with Gasteiger partial charge in [0.2, 0.25) is 11.8 Å². The van der Waals surface area contributed by atoms with Crippen molar-refractivity contribution in [2.75, 3.05) is 4.90 Å². The van der Waals surface area contributed by atoms with E-state index >= 15 is 0 Å². The molecule has 0 aliphatic carbocycles. The molecule has 8 heteroatoms. The predicted octanol–water partition coefficient (Wildman–Crippen LogP) is 4.00. The molecule has 128 valence electrons. The third-order valence-electron chi connectivity index (χ3n) is 3.47. The van der Waals surface area contributed by atoms with Crippen LogP contribution in [0.2, 0.25) is 10.0 Å². The van der Waals surface area contributed by atoms with E-state index in [2.05, 4.69) is 4.99 Å². The molecule has 3 rings (SSSR count). The minimum absolute atomic E-state index is 0.0403. The van der Waals surface area contributed by atoms with Crippen LogP contribution in [0.25, 0.3) is 0 Å². The number of thioether (sulfide) groups is 1. The summed E-state index contributed by atoms with van der Waals surface area (Å²) >= 11 is 13.0. The van der Waals surface area contributed by atoms with Gasteiger partial charge >= 0.3 is 0 Å². The Balaban J connectivity index is 1.78. The molecule has 0 unspecified atom stereocenters. The lowest BCUT2D eigenvalue weighted by Gasteiger charge is -2.15. The van der Waals surface area contributed by atoms with Crippen molar-refractivity contribution in [3.8, 4) is 0 Å². The van der Waals surface area contributed by atoms with Crippen LogP contribution in [-0.4, -0.2) is 22.2 Å². The minimum atomic E-state index is -0.627. The molecule has 1 aliphatic rings. The highest BCUT2D eigenvalue weighted by Gasteiger charge is 2.40. The molecule has 1 heterocycles. The Morgan fingerprint density at radius 3 is 2.40 bits per heavy atom. The number of carbonyl (C=O) groups excluding carboxylic acids is 2. The quantitative estimate of drug-likeness (QED) is 0.485. The van der Waals surface area contributed by atoms with E-state index in [1.54, 1.807) is 12.1 Å². The first-order valence-electron chi connectivity index (χ1n) is 7.33. The number of hydrogen-bond donors (Lipinski definition) is 1. The number of carbonyl (C=O) groups is 2. The second-order valence-corrected chi connectivity index (χ2v) is 7.39. The molecule has 0 radical (unpaired) electrons. The van der Waals surface area contributed by atoms with E-state index in [0.717, 1.165) is 16.7 Å². The van der Waals surface area contributed by atoms with Crippen molar-refractivity contribution in [3.05, 3.63) is 58.6 Å². The van der Waals surface area contributed by atoms with Crippen LogP contribution in [0.4, 0.5) is 11.4 Å². The van der Waals surface area contributed by atoms with Crippen LogP contribution in [0.15, 0.2) is 53.5 Å². The van der Waals surface area contributed by atoms with Crippen molar-refractivity contribution in [2.45, 2.75) is 11.7 Å². The summed E-state index contributed by atoms with van der Waals surface area (Å²) in [5.74, 6) is -0.687. The molecule has 0 aromatic heterocycles. The molecule has 1 saturated heterocycles. The van der Waals surface area contributed by atoms with Crippen LogP contribution < -0.4 is 10.6 Å². The third-order valence-corrected chi connectivity index (χ3v) is 4.89. The van der Waals surface area contributed by atoms with Gasteiger partial charge in [0.1, 0.15) is 5.25 Å². The van der Waals surface area contributed by atoms with Crippen molar-refractivity contribution < 1.29 is 9.59 Å². The highest BCUT2D eigenvalue weighted by Crippen LogP contribution is 2.33. The maximum atomic E-state index is 12.6. The fourth-order valence-electron chi connectivity index (χ4n) is 2.44. The van der Waals surface area contributed by atoms with Crippen LogP contribution in [-0.2, 0) is 9.59 Å². The van der Waals surface area contributed by atoms with Gasteiger partial charge in [-0.3, -0.25) is 9.59 Å². The Morgan fingerprint density at radius 2 is 1.76 bits per heavy atom. The number of nitrogens with zero attached hydrogens (tertiary/aromatic N) is 2. The number of halogens is 2. The van der Waals surface area contributed by atoms with Crippen LogP contribution in [0.1, 0.15) is 6.42 Å². The van der Waals surface area contributed by atoms with Gasteiger partial charge in [-0.05, 0) is 30.3 Å². The number of benzene rings is 2. The largest absolute Gasteiger partial charge is 0.378 e. The molecule has 1 aliphatic heterocycles. The number of imide groups is 1. The summed E-state index contributed by atoms with van der Waals surface area (Å²) in [7, 11) is 0. The van der Waals surface area contributed by atoms with Crippen molar-refractivity contribution in [1.82, 2.24) is 0 Å². The minimum Gasteiger partial charge on any atom is -0.378 e. The van der Waals surface area contributed by atoms with Crippen LogP contribution in [0.5, 0.6) is 0 Å². The normalized spacial score (nSPS) is 18.1. The molecule has 5 nitrogen and oxygen atoms in total. The van der Waals surface area contributed by atoms with Crippen molar-refractivity contribution in [2.24, 2.45) is 10.7 Å². The molecule has 0 bridgehead atoms. The maximum absolute atomic E-state index is 12.6. The summed E-state index contributed by atoms with van der Waals surface area (Å²) in [6.45, 7) is 0. The molecule has 0 saturated carbocycles. The first kappa shape index (κ1) is 17.8. The molecule has 2 amide bonds. The first-order valence-corrected chi connectivity index (χ1v) is 8.96. The van der Waals surface area contributed by atoms with Gasteiger partial charge in [0.05, 0.1) is 11.4 Å². The van der Waals surface area contributed by atoms with E-state index in [0.29, 0.717) is 21.4 Å². The third kappa shape index (κ3) is 4.15. The van der Waals surface area contributed by atoms with Crippen molar-refractivity contribution >= 4 is 63.3 Å². The number of amidine groups is 1. The zero-order chi connectivity index (χ0) is 18.0. The molecule has 2 aromatic rings. The van der Waals surface area contributed by atoms with E-state index in [1.165, 1.54) is 18.2 Å². The topological polar surface area (TPSA) is 75.8 Å². The second-order valence-electron chi connectivity index (χ2n) is 5.29. The van der Waals surface area contributed by atoms with Crippen LogP contribution in [0, 0.1) is 0 Å². The number of rotatable bonds is 3. The van der Waals surface area contributed by atoms with Crippen molar-refractivity contribution in [3.63, 3.8) is 0 Å². The smallest absolute Gasteiger partial charge is 0.247 e. The summed E-state index contributed by atoms with van der Waals surface area (Å²) < 4.78 is 0. The number of nitrogens with two attached hydrogens (primary N) is 1. The molecule has 25 heavy (non-hydrogen) atoms. The molecule has 0 spiro atoms. The lowest BCUT2D eigenvalue weighted by atomic mass is 10.3. The standard InChI is InChI=1S/C17H13Cl2N3O2S/c18-10-6-11(19)8-13(7-10)22-15(23)9-14(16(22)24)25-17(20)21-12-4-2-1-3-5-12/h1-8,14H,9H2,(H2,20,21)/t14-/m1/s1. The monoisotopic (exact) mass is 393 g/mol. The zero-order valence-corrected chi connectivity index (χ0v) is 15.2. The van der Waals surface area contributed by atoms with Crippen LogP contribution in [0.3, 0.4) is 0 Å². The Labute approximate surface area is 158 Å². The fraction of sp³-hybridized carbons (Fsp3) is 0.118. The average Bonchev–Trinajstić information content (AvgIpc) is 2.81. The molecular weight excluding hydrogens is 381 g/mol. The summed E-state index contributed by atoms with van der Waals surface area (Å²) in [6.07, 6.45) is 0.0403. The lowest BCUT2D eigenvalue weighted by molar-refractivity contribution is -0.121. The Hall–Kier alpha value is -2.02. The van der Waals surface area contributed by atoms with Gasteiger partial charge in [0.25, 0.3) is 0 Å². The van der Waals surface area contributed by atoms with Gasteiger partial charge in [-0.25, -0.2) is 9.89 Å². The molecular formula is C17H13Cl2N3O2S. The van der Waals surface area contributed by atoms with Gasteiger partial charge in [0, 0.05) is 16.5 Å². The molecule has 2 aromatic carbocycles. The SMILES string of the molecule is NC(=Nc1ccccc1)S[C@@H]1CC(=O)N(c2cc(Cl)cc(Cl)c2)C1=O. The van der Waals surface area contributed by atoms with Crippen LogP contribution >= 0.6 is 35.0 Å². The Bertz CT molecular complexity index is 838. The van der Waals surface area contributed by atoms with E-state index in [9.17, 15) is 9.59 Å². The summed E-state index contributed by atoms with van der Waals surface area (Å²) in [5, 5.41) is 0.301. The summed E-state index contributed by atoms with van der Waals surface area (Å²) in [5.41, 5.74) is 6.95. The highest BCUT2D eigenvalue weighted by atomic mass is 35.5. The first-order chi connectivity index (χ1) is 11.9. The Morgan fingerprint density at radius 1 is 1.12 bits per heavy atom. The van der Waals surface area contributed by atoms with E-state index in [1.807, 2.05) is 18.2 Å². The van der Waals surface area contributed by atoms with Gasteiger partial charge in [-0.15, -0.1) is 0 Å². The fourth-order valence-corrected chi connectivity index (χ4v) is 3.83. The van der Waals surface area contributed by atoms with E-state index in [-0.39, 0.29) is 23.4 Å². The van der Waals surface area contributed by atoms with E-state index < -0.39 is 5.25 Å². The number of hydrogen-bond acceptors (Lipinski definition) is 4. The molecule has 2 N–H and O–H groups in total. The Kier molecular flexibility index (Phi) is 5.32. The summed E-state index contributed by atoms with van der Waals surface area (Å²) in [4.78, 5) is 30.2. The predicted molar refractivity (Wildman–Crippen MR) is 103 cm³/mol. The van der Waals surface area contributed by atoms with Gasteiger partial charge < -0.3 is 5.73 Å². The van der Waals surface area contributed by atoms with Crippen molar-refractivity contribution in [1.29, 1.82) is 0 Å². The van der Waals surface area contributed by atoms with Gasteiger partial charge in [-0.1, -0.05) is 53.2 Å². The van der Waals surface area contributed by atoms with E-state index in [4.69, 9.17) is 28.9 Å². The zero-order valence-electron chi connectivity index (χ0n) is 12.9. The highest BCUT2D eigenvalue weighted by molar-refractivity contribution is 8.15. The lowest BCUT2D eigenvalue weighted by Crippen LogP contribution is -2.31. The maximum Gasteiger partial charge on any atom is 0.247 e. The summed E-state index contributed by atoms with van der Waals surface area (Å²) in [6, 6.07) is 13.7. The van der Waals surface area contributed by atoms with Gasteiger partial charge in [0.15, 0.2) is 5.17 Å². The average molecular weight is 394 g/mol. The van der Waals surface area contributed by atoms with Gasteiger partial charge in [-0.2, -0.15) is 0 Å². The number of anilines is 1. The number of aliphatic imine (C=N–C) groups is 1. The number of para-hydroxylation sites is 1. The molecule has 1 atom stereocenters. The molecule has 1 fully saturated rings. The number of amides is 2.